The molecule has 27 heavy (non-hydrogen) atoms. The van der Waals surface area contributed by atoms with Crippen LogP contribution in [0.5, 0.6) is 5.75 Å². The molecule has 0 amide bonds. The van der Waals surface area contributed by atoms with E-state index in [1.54, 1.807) is 6.07 Å². The first kappa shape index (κ1) is 18.1. The smallest absolute Gasteiger partial charge is 0.344 e. The number of nitrogens with zero attached hydrogens (tertiary/aromatic N) is 1. The lowest BCUT2D eigenvalue weighted by Crippen LogP contribution is -2.38. The molecule has 1 unspecified atom stereocenters. The van der Waals surface area contributed by atoms with Gasteiger partial charge in [-0.05, 0) is 55.3 Å². The van der Waals surface area contributed by atoms with Gasteiger partial charge in [-0.3, -0.25) is 4.90 Å². The first-order valence-corrected chi connectivity index (χ1v) is 10.1. The minimum atomic E-state index is -0.339. The molecule has 1 N–H and O–H groups in total. The molecule has 1 aliphatic heterocycles. The van der Waals surface area contributed by atoms with Crippen LogP contribution < -0.4 is 5.63 Å². The normalized spacial score (nSPS) is 18.4. The predicted octanol–water partition coefficient (Wildman–Crippen LogP) is 4.98. The maximum Gasteiger partial charge on any atom is 0.344 e. The lowest BCUT2D eigenvalue weighted by molar-refractivity contribution is 0.135. The van der Waals surface area contributed by atoms with Crippen molar-refractivity contribution in [2.24, 2.45) is 0 Å². The zero-order valence-electron chi connectivity index (χ0n) is 16.1. The Balaban J connectivity index is 1.95. The Hall–Kier alpha value is -2.33. The molecule has 1 aliphatic rings. The fourth-order valence-electron chi connectivity index (χ4n) is 4.48. The van der Waals surface area contributed by atoms with Gasteiger partial charge in [0.05, 0.1) is 10.9 Å². The van der Waals surface area contributed by atoms with Gasteiger partial charge in [0.25, 0.3) is 0 Å². The molecule has 0 radical (unpaired) electrons. The number of hydrogen-bond acceptors (Lipinski definition) is 4. The largest absolute Gasteiger partial charge is 0.507 e. The van der Waals surface area contributed by atoms with Crippen LogP contribution in [0.1, 0.15) is 50.7 Å². The molecular formula is C23H27NO3. The van der Waals surface area contributed by atoms with E-state index in [0.29, 0.717) is 23.6 Å². The Morgan fingerprint density at radius 2 is 1.93 bits per heavy atom. The summed E-state index contributed by atoms with van der Waals surface area (Å²) in [5, 5.41) is 13.4. The number of rotatable bonds is 4. The summed E-state index contributed by atoms with van der Waals surface area (Å²) in [6.45, 7) is 5.91. The Labute approximate surface area is 159 Å². The van der Waals surface area contributed by atoms with Crippen LogP contribution in [0, 0.1) is 0 Å². The fraction of sp³-hybridized carbons (Fsp3) is 0.435. The van der Waals surface area contributed by atoms with Gasteiger partial charge < -0.3 is 9.52 Å². The van der Waals surface area contributed by atoms with E-state index in [0.717, 1.165) is 41.3 Å². The van der Waals surface area contributed by atoms with Crippen LogP contribution in [-0.4, -0.2) is 22.6 Å². The number of aryl methyl sites for hydroxylation is 1. The Morgan fingerprint density at radius 1 is 1.15 bits per heavy atom. The predicted molar refractivity (Wildman–Crippen MR) is 109 cm³/mol. The van der Waals surface area contributed by atoms with Gasteiger partial charge in [-0.25, -0.2) is 4.79 Å². The number of hydrogen-bond donors (Lipinski definition) is 1. The van der Waals surface area contributed by atoms with E-state index >= 15 is 0 Å². The second-order valence-corrected chi connectivity index (χ2v) is 7.56. The maximum atomic E-state index is 12.6. The molecule has 1 fully saturated rings. The van der Waals surface area contributed by atoms with E-state index in [9.17, 15) is 9.90 Å². The third-order valence-corrected chi connectivity index (χ3v) is 6.02. The fourth-order valence-corrected chi connectivity index (χ4v) is 4.48. The number of piperidine rings is 1. The van der Waals surface area contributed by atoms with E-state index in [4.69, 9.17) is 4.42 Å². The molecule has 0 spiro atoms. The van der Waals surface area contributed by atoms with Crippen LogP contribution in [-0.2, 0) is 13.0 Å². The quantitative estimate of drug-likeness (QED) is 0.523. The minimum Gasteiger partial charge on any atom is -0.507 e. The molecule has 0 saturated carbocycles. The lowest BCUT2D eigenvalue weighted by atomic mass is 9.96. The highest BCUT2D eigenvalue weighted by Gasteiger charge is 2.25. The topological polar surface area (TPSA) is 53.7 Å². The lowest BCUT2D eigenvalue weighted by Gasteiger charge is -2.35. The summed E-state index contributed by atoms with van der Waals surface area (Å²) in [4.78, 5) is 15.0. The summed E-state index contributed by atoms with van der Waals surface area (Å²) in [6.07, 6.45) is 5.46. The SMILES string of the molecule is CCc1cc2c(oc(=O)c3ccccc32)c(CN2CCCCC2CC)c1O. The zero-order chi connectivity index (χ0) is 19.0. The molecule has 3 aromatic rings. The molecule has 2 heterocycles. The van der Waals surface area contributed by atoms with Crippen molar-refractivity contribution in [1.82, 2.24) is 4.90 Å². The number of aromatic hydroxyl groups is 1. The van der Waals surface area contributed by atoms with Crippen molar-refractivity contribution in [1.29, 1.82) is 0 Å². The monoisotopic (exact) mass is 365 g/mol. The van der Waals surface area contributed by atoms with E-state index in [1.807, 2.05) is 31.2 Å². The summed E-state index contributed by atoms with van der Waals surface area (Å²) >= 11 is 0. The highest BCUT2D eigenvalue weighted by atomic mass is 16.4. The highest BCUT2D eigenvalue weighted by Crippen LogP contribution is 2.36. The van der Waals surface area contributed by atoms with Gasteiger partial charge in [0.2, 0.25) is 0 Å². The summed E-state index contributed by atoms with van der Waals surface area (Å²) in [5.74, 6) is 0.281. The number of likely N-dealkylation sites (tertiary alicyclic amines) is 1. The second kappa shape index (κ2) is 7.35. The zero-order valence-corrected chi connectivity index (χ0v) is 16.1. The standard InChI is InChI=1S/C23H27NO3/c1-3-15-13-19-17-10-5-6-11-18(17)23(26)27-22(19)20(21(15)25)14-24-12-8-7-9-16(24)4-2/h5-6,10-11,13,16,25H,3-4,7-9,12,14H2,1-2H3. The van der Waals surface area contributed by atoms with E-state index < -0.39 is 0 Å². The van der Waals surface area contributed by atoms with Gasteiger partial charge in [0.1, 0.15) is 11.3 Å². The van der Waals surface area contributed by atoms with Crippen LogP contribution in [0.2, 0.25) is 0 Å². The minimum absolute atomic E-state index is 0.281. The summed E-state index contributed by atoms with van der Waals surface area (Å²) < 4.78 is 5.75. The van der Waals surface area contributed by atoms with Crippen molar-refractivity contribution in [3.63, 3.8) is 0 Å². The van der Waals surface area contributed by atoms with Crippen LogP contribution >= 0.6 is 0 Å². The van der Waals surface area contributed by atoms with Crippen molar-refractivity contribution < 1.29 is 9.52 Å². The number of phenols is 1. The molecule has 1 saturated heterocycles. The average Bonchev–Trinajstić information content (AvgIpc) is 2.71. The van der Waals surface area contributed by atoms with Crippen LogP contribution in [0.15, 0.2) is 39.5 Å². The van der Waals surface area contributed by atoms with Crippen LogP contribution in [0.4, 0.5) is 0 Å². The van der Waals surface area contributed by atoms with Crippen molar-refractivity contribution in [3.8, 4) is 5.75 Å². The number of benzene rings is 2. The number of phenolic OH excluding ortho intramolecular Hbond substituents is 1. The second-order valence-electron chi connectivity index (χ2n) is 7.56. The summed E-state index contributed by atoms with van der Waals surface area (Å²) in [7, 11) is 0. The van der Waals surface area contributed by atoms with Crippen molar-refractivity contribution in [3.05, 3.63) is 51.9 Å². The van der Waals surface area contributed by atoms with Gasteiger partial charge >= 0.3 is 5.63 Å². The summed E-state index contributed by atoms with van der Waals surface area (Å²) in [6, 6.07) is 10.1. The molecule has 0 bridgehead atoms. The summed E-state index contributed by atoms with van der Waals surface area (Å²) in [5.41, 5.74) is 1.86. The number of fused-ring (bicyclic) bond motifs is 3. The molecule has 0 aliphatic carbocycles. The van der Waals surface area contributed by atoms with E-state index in [2.05, 4.69) is 11.8 Å². The molecule has 142 valence electrons. The molecule has 4 nitrogen and oxygen atoms in total. The van der Waals surface area contributed by atoms with Gasteiger partial charge in [-0.2, -0.15) is 0 Å². The third kappa shape index (κ3) is 3.12. The molecule has 1 atom stereocenters. The highest BCUT2D eigenvalue weighted by molar-refractivity contribution is 6.06. The molecule has 2 aromatic carbocycles. The van der Waals surface area contributed by atoms with Crippen LogP contribution in [0.3, 0.4) is 0 Å². The Kier molecular flexibility index (Phi) is 4.92. The van der Waals surface area contributed by atoms with Crippen molar-refractivity contribution >= 4 is 21.7 Å². The van der Waals surface area contributed by atoms with Gasteiger partial charge in [-0.15, -0.1) is 0 Å². The Morgan fingerprint density at radius 3 is 2.67 bits per heavy atom. The van der Waals surface area contributed by atoms with Crippen molar-refractivity contribution in [2.75, 3.05) is 6.54 Å². The average molecular weight is 365 g/mol. The van der Waals surface area contributed by atoms with E-state index in [1.165, 1.54) is 19.3 Å². The van der Waals surface area contributed by atoms with Gasteiger partial charge in [0, 0.05) is 18.0 Å². The van der Waals surface area contributed by atoms with Crippen molar-refractivity contribution in [2.45, 2.75) is 58.5 Å². The Bertz CT molecular complexity index is 1040. The first-order chi connectivity index (χ1) is 13.1. The van der Waals surface area contributed by atoms with E-state index in [-0.39, 0.29) is 11.4 Å². The van der Waals surface area contributed by atoms with Crippen LogP contribution in [0.25, 0.3) is 21.7 Å². The molecule has 1 aromatic heterocycles. The van der Waals surface area contributed by atoms with Gasteiger partial charge in [0.15, 0.2) is 0 Å². The molecule has 4 rings (SSSR count). The first-order valence-electron chi connectivity index (χ1n) is 10.1. The molecular weight excluding hydrogens is 338 g/mol. The maximum absolute atomic E-state index is 12.6. The van der Waals surface area contributed by atoms with Gasteiger partial charge in [-0.1, -0.05) is 38.5 Å². The molecule has 4 heteroatoms. The third-order valence-electron chi connectivity index (χ3n) is 6.02.